The first-order valence-electron chi connectivity index (χ1n) is 8.95. The van der Waals surface area contributed by atoms with E-state index in [2.05, 4.69) is 39.5 Å². The van der Waals surface area contributed by atoms with E-state index in [9.17, 15) is 0 Å². The predicted molar refractivity (Wildman–Crippen MR) is 92.5 cm³/mol. The number of hydrogen-bond acceptors (Lipinski definition) is 4. The topological polar surface area (TPSA) is 37.2 Å². The summed E-state index contributed by atoms with van der Waals surface area (Å²) in [6.45, 7) is 3.49. The Labute approximate surface area is 138 Å². The van der Waals surface area contributed by atoms with Gasteiger partial charge in [-0.3, -0.25) is 9.47 Å². The Bertz CT molecular complexity index is 679. The predicted octanol–water partition coefficient (Wildman–Crippen LogP) is 2.85. The van der Waals surface area contributed by atoms with E-state index >= 15 is 0 Å². The molecule has 23 heavy (non-hydrogen) atoms. The summed E-state index contributed by atoms with van der Waals surface area (Å²) < 4.78 is 2.46. The molecular formula is C18H27N5. The van der Waals surface area contributed by atoms with Crippen molar-refractivity contribution < 1.29 is 0 Å². The van der Waals surface area contributed by atoms with E-state index in [1.807, 2.05) is 12.3 Å². The average Bonchev–Trinajstić information content (AvgIpc) is 2.95. The summed E-state index contributed by atoms with van der Waals surface area (Å²) in [5.41, 5.74) is 2.11. The van der Waals surface area contributed by atoms with Crippen LogP contribution in [0.2, 0.25) is 0 Å². The zero-order chi connectivity index (χ0) is 15.8. The first kappa shape index (κ1) is 15.1. The second-order valence-corrected chi connectivity index (χ2v) is 7.24. The van der Waals surface area contributed by atoms with E-state index in [-0.39, 0.29) is 0 Å². The van der Waals surface area contributed by atoms with E-state index in [0.717, 1.165) is 17.7 Å². The van der Waals surface area contributed by atoms with Crippen LogP contribution in [-0.4, -0.2) is 58.1 Å². The third kappa shape index (κ3) is 2.76. The van der Waals surface area contributed by atoms with Crippen LogP contribution in [0.25, 0.3) is 11.2 Å². The lowest BCUT2D eigenvalue weighted by Crippen LogP contribution is -2.37. The Kier molecular flexibility index (Phi) is 4.07. The second-order valence-electron chi connectivity index (χ2n) is 7.24. The molecule has 2 aromatic heterocycles. The van der Waals surface area contributed by atoms with Crippen molar-refractivity contribution in [1.82, 2.24) is 24.3 Å². The molecule has 2 aliphatic heterocycles. The fraction of sp³-hybridized carbons (Fsp3) is 0.667. The van der Waals surface area contributed by atoms with Crippen LogP contribution >= 0.6 is 0 Å². The van der Waals surface area contributed by atoms with Crippen LogP contribution in [0.15, 0.2) is 18.3 Å². The number of hydrogen-bond donors (Lipinski definition) is 0. The van der Waals surface area contributed by atoms with Gasteiger partial charge in [-0.1, -0.05) is 0 Å². The van der Waals surface area contributed by atoms with Crippen molar-refractivity contribution in [2.45, 2.75) is 44.2 Å². The van der Waals surface area contributed by atoms with Gasteiger partial charge in [0.1, 0.15) is 11.3 Å². The van der Waals surface area contributed by atoms with Gasteiger partial charge in [0.05, 0.1) is 6.17 Å². The summed E-state index contributed by atoms with van der Waals surface area (Å²) in [6, 6.07) is 4.11. The first-order chi connectivity index (χ1) is 11.2. The van der Waals surface area contributed by atoms with Crippen LogP contribution in [0.5, 0.6) is 0 Å². The van der Waals surface area contributed by atoms with Crippen LogP contribution in [0.1, 0.15) is 50.0 Å². The van der Waals surface area contributed by atoms with Gasteiger partial charge in [0.15, 0.2) is 5.65 Å². The maximum Gasteiger partial charge on any atom is 0.161 e. The Morgan fingerprint density at radius 2 is 2.00 bits per heavy atom. The number of likely N-dealkylation sites (tertiary alicyclic amines) is 2. The largest absolute Gasteiger partial charge is 0.306 e. The molecule has 0 bridgehead atoms. The van der Waals surface area contributed by atoms with Gasteiger partial charge in [-0.2, -0.15) is 0 Å². The Morgan fingerprint density at radius 3 is 2.83 bits per heavy atom. The van der Waals surface area contributed by atoms with Crippen molar-refractivity contribution in [1.29, 1.82) is 0 Å². The van der Waals surface area contributed by atoms with Crippen LogP contribution < -0.4 is 0 Å². The van der Waals surface area contributed by atoms with Crippen molar-refractivity contribution >= 4 is 11.2 Å². The monoisotopic (exact) mass is 313 g/mol. The summed E-state index contributed by atoms with van der Waals surface area (Å²) in [6.07, 6.45) is 8.61. The Hall–Kier alpha value is -1.46. The molecule has 0 spiro atoms. The molecule has 2 saturated heterocycles. The zero-order valence-electron chi connectivity index (χ0n) is 14.3. The molecule has 124 valence electrons. The minimum atomic E-state index is 0.408. The maximum atomic E-state index is 5.03. The highest BCUT2D eigenvalue weighted by Crippen LogP contribution is 2.34. The summed E-state index contributed by atoms with van der Waals surface area (Å²) in [4.78, 5) is 14.6. The van der Waals surface area contributed by atoms with Gasteiger partial charge in [-0.15, -0.1) is 0 Å². The number of likely N-dealkylation sites (N-methyl/N-ethyl adjacent to an activating group) is 1. The number of rotatable bonds is 2. The lowest BCUT2D eigenvalue weighted by Gasteiger charge is -2.36. The molecule has 0 aliphatic carbocycles. The lowest BCUT2D eigenvalue weighted by molar-refractivity contribution is 0.123. The molecule has 2 unspecified atom stereocenters. The molecule has 0 radical (unpaired) electrons. The fourth-order valence-corrected chi connectivity index (χ4v) is 4.29. The standard InChI is InChI=1S/C18H27N5/c1-21-11-6-7-14(13-21)17-20-15-8-5-10-19-18(15)23(17)16-9-3-4-12-22(16)2/h5,8,10,14,16H,3-4,6-7,9,11-13H2,1-2H3. The number of piperidine rings is 2. The molecule has 2 atom stereocenters. The SMILES string of the molecule is CN1CCCC(c2nc3cccnc3n2C2CCCCN2C)C1. The van der Waals surface area contributed by atoms with Crippen LogP contribution in [0.3, 0.4) is 0 Å². The van der Waals surface area contributed by atoms with Crippen molar-refractivity contribution in [3.8, 4) is 0 Å². The van der Waals surface area contributed by atoms with Crippen molar-refractivity contribution in [2.24, 2.45) is 0 Å². The molecule has 0 amide bonds. The molecule has 5 nitrogen and oxygen atoms in total. The van der Waals surface area contributed by atoms with E-state index in [0.29, 0.717) is 12.1 Å². The smallest absolute Gasteiger partial charge is 0.161 e. The molecule has 0 aromatic carbocycles. The van der Waals surface area contributed by atoms with Crippen molar-refractivity contribution in [3.05, 3.63) is 24.2 Å². The number of fused-ring (bicyclic) bond motifs is 1. The van der Waals surface area contributed by atoms with Crippen molar-refractivity contribution in [2.75, 3.05) is 33.7 Å². The third-order valence-corrected chi connectivity index (χ3v) is 5.50. The Balaban J connectivity index is 1.81. The summed E-state index contributed by atoms with van der Waals surface area (Å²) in [5.74, 6) is 1.78. The average molecular weight is 313 g/mol. The molecule has 2 aliphatic rings. The lowest BCUT2D eigenvalue weighted by atomic mass is 9.97. The van der Waals surface area contributed by atoms with Gasteiger partial charge in [-0.05, 0) is 71.4 Å². The molecule has 4 heterocycles. The highest BCUT2D eigenvalue weighted by atomic mass is 15.3. The molecular weight excluding hydrogens is 286 g/mol. The van der Waals surface area contributed by atoms with Gasteiger partial charge in [0, 0.05) is 18.7 Å². The minimum Gasteiger partial charge on any atom is -0.306 e. The summed E-state index contributed by atoms with van der Waals surface area (Å²) in [7, 11) is 4.47. The van der Waals surface area contributed by atoms with Gasteiger partial charge in [0.2, 0.25) is 0 Å². The first-order valence-corrected chi connectivity index (χ1v) is 8.95. The number of pyridine rings is 1. The van der Waals surface area contributed by atoms with Crippen LogP contribution in [0.4, 0.5) is 0 Å². The van der Waals surface area contributed by atoms with E-state index in [1.54, 1.807) is 0 Å². The Morgan fingerprint density at radius 1 is 1.09 bits per heavy atom. The van der Waals surface area contributed by atoms with Gasteiger partial charge in [0.25, 0.3) is 0 Å². The van der Waals surface area contributed by atoms with Crippen molar-refractivity contribution in [3.63, 3.8) is 0 Å². The third-order valence-electron chi connectivity index (χ3n) is 5.50. The molecule has 2 fully saturated rings. The fourth-order valence-electron chi connectivity index (χ4n) is 4.29. The summed E-state index contributed by atoms with van der Waals surface area (Å²) >= 11 is 0. The van der Waals surface area contributed by atoms with Crippen LogP contribution in [0, 0.1) is 0 Å². The number of nitrogens with zero attached hydrogens (tertiary/aromatic N) is 5. The van der Waals surface area contributed by atoms with Gasteiger partial charge >= 0.3 is 0 Å². The minimum absolute atomic E-state index is 0.408. The number of aromatic nitrogens is 3. The van der Waals surface area contributed by atoms with E-state index in [1.165, 1.54) is 51.0 Å². The molecule has 0 saturated carbocycles. The number of imidazole rings is 1. The molecule has 2 aromatic rings. The van der Waals surface area contributed by atoms with Gasteiger partial charge < -0.3 is 4.90 Å². The highest BCUT2D eigenvalue weighted by Gasteiger charge is 2.30. The summed E-state index contributed by atoms with van der Waals surface area (Å²) in [5, 5.41) is 0. The zero-order valence-corrected chi connectivity index (χ0v) is 14.3. The second kappa shape index (κ2) is 6.21. The molecule has 4 rings (SSSR count). The maximum absolute atomic E-state index is 5.03. The molecule has 5 heteroatoms. The normalized spacial score (nSPS) is 27.6. The quantitative estimate of drug-likeness (QED) is 0.854. The van der Waals surface area contributed by atoms with E-state index < -0.39 is 0 Å². The molecule has 0 N–H and O–H groups in total. The van der Waals surface area contributed by atoms with Gasteiger partial charge in [-0.25, -0.2) is 9.97 Å². The highest BCUT2D eigenvalue weighted by molar-refractivity contribution is 5.71. The van der Waals surface area contributed by atoms with E-state index in [4.69, 9.17) is 4.98 Å². The van der Waals surface area contributed by atoms with Crippen LogP contribution in [-0.2, 0) is 0 Å².